The van der Waals surface area contributed by atoms with Crippen molar-refractivity contribution in [3.8, 4) is 0 Å². The molecule has 96 valence electrons. The van der Waals surface area contributed by atoms with Gasteiger partial charge in [-0.05, 0) is 20.4 Å². The quantitative estimate of drug-likeness (QED) is 0.887. The third kappa shape index (κ3) is 3.89. The van der Waals surface area contributed by atoms with Crippen LogP contribution in [0.5, 0.6) is 0 Å². The predicted molar refractivity (Wildman–Crippen MR) is 73.7 cm³/mol. The second kappa shape index (κ2) is 6.66. The highest BCUT2D eigenvalue weighted by Crippen LogP contribution is 2.35. The zero-order valence-corrected chi connectivity index (χ0v) is 11.9. The number of thioether (sulfide) groups is 2. The van der Waals surface area contributed by atoms with Crippen LogP contribution in [0.25, 0.3) is 0 Å². The molecule has 2 atom stereocenters. The maximum atomic E-state index is 5.30. The van der Waals surface area contributed by atoms with Gasteiger partial charge in [0, 0.05) is 29.7 Å². The van der Waals surface area contributed by atoms with Crippen molar-refractivity contribution in [1.29, 1.82) is 0 Å². The van der Waals surface area contributed by atoms with Crippen molar-refractivity contribution in [2.45, 2.75) is 31.1 Å². The van der Waals surface area contributed by atoms with Crippen molar-refractivity contribution < 1.29 is 4.52 Å². The van der Waals surface area contributed by atoms with Gasteiger partial charge in [0.15, 0.2) is 5.82 Å². The molecule has 2 rings (SSSR count). The summed E-state index contributed by atoms with van der Waals surface area (Å²) in [6.45, 7) is 2.16. The zero-order chi connectivity index (χ0) is 12.1. The zero-order valence-electron chi connectivity index (χ0n) is 10.3. The largest absolute Gasteiger partial charge is 0.339 e. The van der Waals surface area contributed by atoms with Crippen molar-refractivity contribution in [1.82, 2.24) is 15.5 Å². The molecule has 17 heavy (non-hydrogen) atoms. The second-order valence-electron chi connectivity index (χ2n) is 4.21. The molecule has 2 heterocycles. The molecule has 4 nitrogen and oxygen atoms in total. The molecule has 0 aliphatic carbocycles. The van der Waals surface area contributed by atoms with Gasteiger partial charge in [0.2, 0.25) is 5.89 Å². The van der Waals surface area contributed by atoms with Crippen molar-refractivity contribution in [2.24, 2.45) is 0 Å². The first-order valence-electron chi connectivity index (χ1n) is 5.98. The van der Waals surface area contributed by atoms with E-state index in [9.17, 15) is 0 Å². The topological polar surface area (TPSA) is 51.0 Å². The Balaban J connectivity index is 1.86. The molecule has 1 aromatic rings. The maximum Gasteiger partial charge on any atom is 0.226 e. The third-order valence-electron chi connectivity index (χ3n) is 2.87. The minimum absolute atomic E-state index is 0.424. The van der Waals surface area contributed by atoms with Crippen LogP contribution in [-0.4, -0.2) is 40.5 Å². The SMILES string of the molecule is CNC(C)CCc1nc(C2CSCCS2)no1. The second-order valence-corrected chi connectivity index (χ2v) is 6.67. The number of aromatic nitrogens is 2. The summed E-state index contributed by atoms with van der Waals surface area (Å²) in [5.74, 6) is 5.20. The summed E-state index contributed by atoms with van der Waals surface area (Å²) in [7, 11) is 1.97. The molecule has 0 radical (unpaired) electrons. The van der Waals surface area contributed by atoms with Gasteiger partial charge in [0.1, 0.15) is 0 Å². The van der Waals surface area contributed by atoms with Gasteiger partial charge in [-0.3, -0.25) is 0 Å². The van der Waals surface area contributed by atoms with Crippen LogP contribution in [-0.2, 0) is 6.42 Å². The first-order valence-corrected chi connectivity index (χ1v) is 8.19. The number of nitrogens with one attached hydrogen (secondary N) is 1. The van der Waals surface area contributed by atoms with Crippen molar-refractivity contribution in [2.75, 3.05) is 24.3 Å². The van der Waals surface area contributed by atoms with Gasteiger partial charge in [-0.25, -0.2) is 0 Å². The van der Waals surface area contributed by atoms with E-state index in [1.165, 1.54) is 11.5 Å². The van der Waals surface area contributed by atoms with Crippen LogP contribution in [0, 0.1) is 0 Å². The molecule has 1 aliphatic heterocycles. The molecule has 1 aromatic heterocycles. The lowest BCUT2D eigenvalue weighted by Gasteiger charge is -2.16. The van der Waals surface area contributed by atoms with E-state index in [1.54, 1.807) is 0 Å². The van der Waals surface area contributed by atoms with Crippen molar-refractivity contribution >= 4 is 23.5 Å². The number of aryl methyl sites for hydroxylation is 1. The maximum absolute atomic E-state index is 5.30. The number of nitrogens with zero attached hydrogens (tertiary/aromatic N) is 2. The van der Waals surface area contributed by atoms with Crippen LogP contribution in [0.2, 0.25) is 0 Å². The summed E-state index contributed by atoms with van der Waals surface area (Å²) >= 11 is 3.92. The highest BCUT2D eigenvalue weighted by atomic mass is 32.2. The van der Waals surface area contributed by atoms with E-state index in [0.29, 0.717) is 11.3 Å². The molecule has 6 heteroatoms. The fourth-order valence-corrected chi connectivity index (χ4v) is 4.21. The van der Waals surface area contributed by atoms with Crippen LogP contribution in [0.3, 0.4) is 0 Å². The molecule has 0 amide bonds. The van der Waals surface area contributed by atoms with Gasteiger partial charge in [-0.2, -0.15) is 16.7 Å². The molecule has 0 spiro atoms. The molecule has 1 fully saturated rings. The van der Waals surface area contributed by atoms with Crippen LogP contribution in [0.1, 0.15) is 30.3 Å². The Kier molecular flexibility index (Phi) is 5.18. The van der Waals surface area contributed by atoms with E-state index >= 15 is 0 Å². The third-order valence-corrected chi connectivity index (χ3v) is 5.62. The summed E-state index contributed by atoms with van der Waals surface area (Å²) in [4.78, 5) is 4.50. The lowest BCUT2D eigenvalue weighted by atomic mass is 10.2. The molecular formula is C11H19N3OS2. The van der Waals surface area contributed by atoms with Gasteiger partial charge >= 0.3 is 0 Å². The average molecular weight is 273 g/mol. The molecule has 1 N–H and O–H groups in total. The predicted octanol–water partition coefficient (Wildman–Crippen LogP) is 2.13. The molecular weight excluding hydrogens is 254 g/mol. The van der Waals surface area contributed by atoms with E-state index in [0.717, 1.165) is 30.3 Å². The van der Waals surface area contributed by atoms with Gasteiger partial charge in [-0.1, -0.05) is 5.16 Å². The Morgan fingerprint density at radius 2 is 2.41 bits per heavy atom. The van der Waals surface area contributed by atoms with Crippen LogP contribution < -0.4 is 5.32 Å². The summed E-state index contributed by atoms with van der Waals surface area (Å²) in [5.41, 5.74) is 0. The summed E-state index contributed by atoms with van der Waals surface area (Å²) in [6.07, 6.45) is 1.89. The highest BCUT2D eigenvalue weighted by Gasteiger charge is 2.21. The Morgan fingerprint density at radius 3 is 3.12 bits per heavy atom. The molecule has 0 saturated carbocycles. The minimum Gasteiger partial charge on any atom is -0.339 e. The van der Waals surface area contributed by atoms with Crippen LogP contribution >= 0.6 is 23.5 Å². The number of rotatable bonds is 5. The van der Waals surface area contributed by atoms with Gasteiger partial charge in [0.25, 0.3) is 0 Å². The standard InChI is InChI=1S/C11H19N3OS2/c1-8(12-2)3-4-10-13-11(14-15-10)9-7-16-5-6-17-9/h8-9,12H,3-7H2,1-2H3. The molecule has 2 unspecified atom stereocenters. The molecule has 1 aliphatic rings. The summed E-state index contributed by atoms with van der Waals surface area (Å²) in [5, 5.41) is 7.74. The van der Waals surface area contributed by atoms with Crippen LogP contribution in [0.4, 0.5) is 0 Å². The minimum atomic E-state index is 0.424. The average Bonchev–Trinajstić information content (AvgIpc) is 2.86. The lowest BCUT2D eigenvalue weighted by Crippen LogP contribution is -2.21. The molecule has 1 saturated heterocycles. The Morgan fingerprint density at radius 1 is 1.53 bits per heavy atom. The molecule has 0 bridgehead atoms. The van der Waals surface area contributed by atoms with E-state index < -0.39 is 0 Å². The fourth-order valence-electron chi connectivity index (χ4n) is 1.62. The summed E-state index contributed by atoms with van der Waals surface area (Å²) in [6, 6.07) is 0.491. The fraction of sp³-hybridized carbons (Fsp3) is 0.818. The first-order chi connectivity index (χ1) is 8.29. The first kappa shape index (κ1) is 13.2. The van der Waals surface area contributed by atoms with Gasteiger partial charge < -0.3 is 9.84 Å². The van der Waals surface area contributed by atoms with Crippen molar-refractivity contribution in [3.63, 3.8) is 0 Å². The number of hydrogen-bond acceptors (Lipinski definition) is 6. The highest BCUT2D eigenvalue weighted by molar-refractivity contribution is 8.06. The smallest absolute Gasteiger partial charge is 0.226 e. The van der Waals surface area contributed by atoms with E-state index in [1.807, 2.05) is 30.6 Å². The normalized spacial score (nSPS) is 22.6. The van der Waals surface area contributed by atoms with Gasteiger partial charge in [-0.15, -0.1) is 11.8 Å². The van der Waals surface area contributed by atoms with Gasteiger partial charge in [0.05, 0.1) is 5.25 Å². The Bertz CT molecular complexity index is 339. The lowest BCUT2D eigenvalue weighted by molar-refractivity contribution is 0.364. The monoisotopic (exact) mass is 273 g/mol. The summed E-state index contributed by atoms with van der Waals surface area (Å²) < 4.78 is 5.30. The van der Waals surface area contributed by atoms with Crippen LogP contribution in [0.15, 0.2) is 4.52 Å². The van der Waals surface area contributed by atoms with E-state index in [4.69, 9.17) is 4.52 Å². The van der Waals surface area contributed by atoms with E-state index in [2.05, 4.69) is 22.4 Å². The van der Waals surface area contributed by atoms with E-state index in [-0.39, 0.29) is 0 Å². The molecule has 0 aromatic carbocycles. The Hall–Kier alpha value is -0.200. The number of hydrogen-bond donors (Lipinski definition) is 1. The van der Waals surface area contributed by atoms with Crippen molar-refractivity contribution in [3.05, 3.63) is 11.7 Å². The Labute approximate surface area is 111 Å².